The van der Waals surface area contributed by atoms with Crippen LogP contribution in [0, 0.1) is 10.1 Å². The van der Waals surface area contributed by atoms with Crippen LogP contribution in [-0.2, 0) is 0 Å². The Labute approximate surface area is 285 Å². The first-order valence-electron chi connectivity index (χ1n) is 18.9. The lowest BCUT2D eigenvalue weighted by atomic mass is 10.1. The van der Waals surface area contributed by atoms with Gasteiger partial charge in [0.05, 0.1) is 57.3 Å². The fourth-order valence-electron chi connectivity index (χ4n) is 5.90. The summed E-state index contributed by atoms with van der Waals surface area (Å²) in [5, 5.41) is 31.0. The summed E-state index contributed by atoms with van der Waals surface area (Å²) < 4.78 is 2.84. The molecule has 0 unspecified atom stereocenters. The SMILES string of the molecule is CCCC[N+](CCCC)(CCCC)CCCC.CCCC[N+](CCCC)(CCCC)CCCC.O.O=[N+]([O-])c1ccc([O-])c([O-])c1. The van der Waals surface area contributed by atoms with Crippen molar-refractivity contribution in [2.24, 2.45) is 0 Å². The highest BCUT2D eigenvalue weighted by molar-refractivity contribution is 5.45. The Hall–Kier alpha value is -1.90. The summed E-state index contributed by atoms with van der Waals surface area (Å²) in [4.78, 5) is 9.31. The van der Waals surface area contributed by atoms with Crippen molar-refractivity contribution in [1.82, 2.24) is 0 Å². The van der Waals surface area contributed by atoms with Gasteiger partial charge in [-0.3, -0.25) is 10.1 Å². The van der Waals surface area contributed by atoms with Gasteiger partial charge in [0.15, 0.2) is 0 Å². The van der Waals surface area contributed by atoms with E-state index >= 15 is 0 Å². The van der Waals surface area contributed by atoms with Gasteiger partial charge in [-0.1, -0.05) is 113 Å². The third-order valence-corrected chi connectivity index (χ3v) is 9.03. The molecule has 0 fully saturated rings. The fourth-order valence-corrected chi connectivity index (χ4v) is 5.90. The Bertz CT molecular complexity index is 711. The van der Waals surface area contributed by atoms with E-state index in [-0.39, 0.29) is 11.2 Å². The maximum atomic E-state index is 10.5. The largest absolute Gasteiger partial charge is 0.873 e. The summed E-state index contributed by atoms with van der Waals surface area (Å²) in [5.74, 6) is -1.57. The van der Waals surface area contributed by atoms with Crippen molar-refractivity contribution >= 4 is 5.69 Å². The van der Waals surface area contributed by atoms with E-state index in [1.807, 2.05) is 0 Å². The van der Waals surface area contributed by atoms with E-state index in [1.54, 1.807) is 0 Å². The van der Waals surface area contributed by atoms with Gasteiger partial charge >= 0.3 is 0 Å². The zero-order valence-electron chi connectivity index (χ0n) is 31.7. The summed E-state index contributed by atoms with van der Waals surface area (Å²) in [5.41, 5.74) is -0.352. The van der Waals surface area contributed by atoms with Crippen LogP contribution in [0.5, 0.6) is 11.5 Å². The molecule has 0 aromatic heterocycles. The molecular weight excluding hydrogens is 578 g/mol. The van der Waals surface area contributed by atoms with Gasteiger partial charge in [0.25, 0.3) is 5.69 Å². The molecule has 0 saturated heterocycles. The second-order valence-electron chi connectivity index (χ2n) is 13.2. The topological polar surface area (TPSA) is 121 Å². The number of nitro benzene ring substituents is 1. The van der Waals surface area contributed by atoms with Gasteiger partial charge in [0.1, 0.15) is 0 Å². The molecule has 274 valence electrons. The average molecular weight is 656 g/mol. The maximum Gasteiger partial charge on any atom is 0.268 e. The monoisotopic (exact) mass is 656 g/mol. The Balaban J connectivity index is -0.000000610. The number of nitrogens with zero attached hydrogens (tertiary/aromatic N) is 3. The molecule has 0 radical (unpaired) electrons. The van der Waals surface area contributed by atoms with Crippen LogP contribution < -0.4 is 10.2 Å². The van der Waals surface area contributed by atoms with E-state index in [4.69, 9.17) is 0 Å². The Kier molecular flexibility index (Phi) is 33.4. The summed E-state index contributed by atoms with van der Waals surface area (Å²) in [6.07, 6.45) is 22.1. The van der Waals surface area contributed by atoms with Gasteiger partial charge in [0.2, 0.25) is 0 Å². The van der Waals surface area contributed by atoms with Gasteiger partial charge in [0, 0.05) is 12.1 Å². The molecule has 1 rings (SSSR count). The molecule has 8 heteroatoms. The third-order valence-electron chi connectivity index (χ3n) is 9.03. The minimum atomic E-state index is -0.848. The van der Waals surface area contributed by atoms with E-state index in [1.165, 1.54) is 164 Å². The smallest absolute Gasteiger partial charge is 0.268 e. The quantitative estimate of drug-likeness (QED) is 0.0593. The van der Waals surface area contributed by atoms with Gasteiger partial charge in [-0.05, 0) is 51.4 Å². The number of quaternary nitrogens is 2. The number of nitro groups is 1. The lowest BCUT2D eigenvalue weighted by Crippen LogP contribution is -2.50. The number of hydrogen-bond acceptors (Lipinski definition) is 4. The minimum Gasteiger partial charge on any atom is -0.873 e. The Morgan fingerprint density at radius 2 is 0.717 bits per heavy atom. The first kappa shape index (κ1) is 48.5. The van der Waals surface area contributed by atoms with Gasteiger partial charge in [-0.25, -0.2) is 0 Å². The number of non-ortho nitro benzene ring substituents is 1. The molecule has 0 saturated carbocycles. The zero-order chi connectivity index (χ0) is 34.4. The van der Waals surface area contributed by atoms with E-state index in [0.29, 0.717) is 6.07 Å². The molecule has 0 atom stereocenters. The molecule has 0 aliphatic carbocycles. The zero-order valence-corrected chi connectivity index (χ0v) is 31.7. The van der Waals surface area contributed by atoms with Crippen LogP contribution >= 0.6 is 0 Å². The third kappa shape index (κ3) is 23.4. The molecular formula is C38H77N3O5. The van der Waals surface area contributed by atoms with Crippen molar-refractivity contribution in [2.75, 3.05) is 52.4 Å². The molecule has 0 amide bonds. The fraction of sp³-hybridized carbons (Fsp3) is 0.842. The first-order chi connectivity index (χ1) is 21.6. The Morgan fingerprint density at radius 1 is 0.478 bits per heavy atom. The second kappa shape index (κ2) is 31.7. The predicted octanol–water partition coefficient (Wildman–Crippen LogP) is 8.92. The summed E-state index contributed by atoms with van der Waals surface area (Å²) in [6.45, 7) is 30.0. The minimum absolute atomic E-state index is 0. The molecule has 1 aromatic carbocycles. The first-order valence-corrected chi connectivity index (χ1v) is 18.9. The van der Waals surface area contributed by atoms with E-state index in [9.17, 15) is 20.3 Å². The van der Waals surface area contributed by atoms with Crippen molar-refractivity contribution in [3.63, 3.8) is 0 Å². The maximum absolute atomic E-state index is 10.5. The number of benzene rings is 1. The van der Waals surface area contributed by atoms with E-state index < -0.39 is 16.4 Å². The molecule has 1 aromatic rings. The van der Waals surface area contributed by atoms with Crippen molar-refractivity contribution in [3.8, 4) is 11.5 Å². The molecule has 2 N–H and O–H groups in total. The molecule has 46 heavy (non-hydrogen) atoms. The molecule has 8 nitrogen and oxygen atoms in total. The molecule has 0 spiro atoms. The van der Waals surface area contributed by atoms with Crippen LogP contribution in [0.2, 0.25) is 0 Å². The molecule has 0 aliphatic heterocycles. The summed E-state index contributed by atoms with van der Waals surface area (Å²) in [7, 11) is 0. The highest BCUT2D eigenvalue weighted by atomic mass is 16.6. The molecule has 0 heterocycles. The normalized spacial score (nSPS) is 11.1. The van der Waals surface area contributed by atoms with E-state index in [0.717, 1.165) is 12.1 Å². The van der Waals surface area contributed by atoms with Crippen LogP contribution in [0.25, 0.3) is 0 Å². The lowest BCUT2D eigenvalue weighted by molar-refractivity contribution is -0.929. The average Bonchev–Trinajstić information content (AvgIpc) is 3.05. The lowest BCUT2D eigenvalue weighted by Gasteiger charge is -2.39. The van der Waals surface area contributed by atoms with Crippen LogP contribution in [0.15, 0.2) is 18.2 Å². The van der Waals surface area contributed by atoms with Gasteiger partial charge < -0.3 is 24.7 Å². The van der Waals surface area contributed by atoms with Crippen LogP contribution in [0.4, 0.5) is 5.69 Å². The van der Waals surface area contributed by atoms with Crippen LogP contribution in [0.3, 0.4) is 0 Å². The van der Waals surface area contributed by atoms with Crippen LogP contribution in [-0.4, -0.2) is 71.7 Å². The second-order valence-corrected chi connectivity index (χ2v) is 13.2. The number of unbranched alkanes of at least 4 members (excludes halogenated alkanes) is 8. The number of rotatable bonds is 25. The predicted molar refractivity (Wildman–Crippen MR) is 194 cm³/mol. The molecule has 0 aliphatic rings. The Morgan fingerprint density at radius 3 is 0.891 bits per heavy atom. The van der Waals surface area contributed by atoms with Gasteiger partial charge in [-0.2, -0.15) is 0 Å². The van der Waals surface area contributed by atoms with Gasteiger partial charge in [-0.15, -0.1) is 11.5 Å². The highest BCUT2D eigenvalue weighted by Gasteiger charge is 2.25. The molecule has 0 bridgehead atoms. The van der Waals surface area contributed by atoms with Crippen LogP contribution in [0.1, 0.15) is 158 Å². The van der Waals surface area contributed by atoms with E-state index in [2.05, 4.69) is 55.4 Å². The van der Waals surface area contributed by atoms with Crippen molar-refractivity contribution < 1.29 is 29.6 Å². The van der Waals surface area contributed by atoms with Crippen molar-refractivity contribution in [3.05, 3.63) is 28.3 Å². The summed E-state index contributed by atoms with van der Waals surface area (Å²) >= 11 is 0. The van der Waals surface area contributed by atoms with Crippen molar-refractivity contribution in [2.45, 2.75) is 158 Å². The summed E-state index contributed by atoms with van der Waals surface area (Å²) in [6, 6.07) is 2.60. The van der Waals surface area contributed by atoms with Crippen molar-refractivity contribution in [1.29, 1.82) is 0 Å². The number of hydrogen-bond donors (Lipinski definition) is 0. The standard InChI is InChI=1S/2C16H36N.C6H5NO4.H2O/c2*1-5-9-13-17(14-10-6-2,15-11-7-3)16-12-8-4;8-5-2-1-4(7(10)11)3-6(5)9;/h2*5-16H2,1-4H3;1-3,8-9H;1H2/q2*+1;;/p-2. The highest BCUT2D eigenvalue weighted by Crippen LogP contribution is 2.23.